The zero-order valence-electron chi connectivity index (χ0n) is 10.5. The summed E-state index contributed by atoms with van der Waals surface area (Å²) in [5, 5.41) is 4.19. The molecule has 104 valence electrons. The first-order valence-electron chi connectivity index (χ1n) is 6.43. The van der Waals surface area contributed by atoms with E-state index >= 15 is 0 Å². The van der Waals surface area contributed by atoms with Gasteiger partial charge in [0.15, 0.2) is 0 Å². The molecule has 2 nitrogen and oxygen atoms in total. The minimum absolute atomic E-state index is 0.127. The average Bonchev–Trinajstić information content (AvgIpc) is 2.36. The van der Waals surface area contributed by atoms with Crippen molar-refractivity contribution in [1.82, 2.24) is 5.32 Å². The van der Waals surface area contributed by atoms with Crippen molar-refractivity contribution in [3.05, 3.63) is 33.8 Å². The van der Waals surface area contributed by atoms with Crippen molar-refractivity contribution in [1.29, 1.82) is 0 Å². The van der Waals surface area contributed by atoms with Gasteiger partial charge in [0.2, 0.25) is 0 Å². The van der Waals surface area contributed by atoms with Crippen LogP contribution in [-0.2, 0) is 0 Å². The molecule has 0 aliphatic heterocycles. The zero-order valence-corrected chi connectivity index (χ0v) is 12.7. The maximum absolute atomic E-state index is 12.0. The van der Waals surface area contributed by atoms with Gasteiger partial charge in [0.05, 0.1) is 0 Å². The topological polar surface area (TPSA) is 29.1 Å². The van der Waals surface area contributed by atoms with E-state index in [2.05, 4.69) is 5.32 Å². The van der Waals surface area contributed by atoms with Crippen molar-refractivity contribution in [2.75, 3.05) is 6.54 Å². The molecule has 0 unspecified atom stereocenters. The monoisotopic (exact) mass is 319 g/mol. The number of rotatable bonds is 3. The van der Waals surface area contributed by atoms with Crippen molar-refractivity contribution in [2.24, 2.45) is 5.92 Å². The van der Waals surface area contributed by atoms with Gasteiger partial charge < -0.3 is 5.32 Å². The summed E-state index contributed by atoms with van der Waals surface area (Å²) in [6.45, 7) is 0.687. The number of nitrogens with one attached hydrogen (secondary N) is 1. The smallest absolute Gasteiger partial charge is 0.251 e. The van der Waals surface area contributed by atoms with Crippen LogP contribution in [0.5, 0.6) is 0 Å². The number of alkyl halides is 1. The summed E-state index contributed by atoms with van der Waals surface area (Å²) in [7, 11) is 0. The predicted octanol–water partition coefficient (Wildman–Crippen LogP) is 4.52. The fourth-order valence-electron chi connectivity index (χ4n) is 2.35. The largest absolute Gasteiger partial charge is 0.352 e. The molecular formula is C14H16Cl3NO. The lowest BCUT2D eigenvalue weighted by atomic mass is 9.89. The number of amides is 1. The van der Waals surface area contributed by atoms with Crippen LogP contribution in [-0.4, -0.2) is 17.8 Å². The van der Waals surface area contributed by atoms with Crippen molar-refractivity contribution in [2.45, 2.75) is 31.1 Å². The summed E-state index contributed by atoms with van der Waals surface area (Å²) in [5.74, 6) is 0.394. The molecule has 5 heteroatoms. The van der Waals surface area contributed by atoms with Crippen LogP contribution in [0.2, 0.25) is 10.0 Å². The standard InChI is InChI=1S/C14H16Cl3NO/c15-11-3-1-9(2-4-11)8-18-14(19)10-5-12(16)7-13(17)6-10/h5-7,9,11H,1-4,8H2,(H,18,19). The van der Waals surface area contributed by atoms with Gasteiger partial charge in [0, 0.05) is 27.5 Å². The molecule has 1 aromatic carbocycles. The Morgan fingerprint density at radius 3 is 2.26 bits per heavy atom. The number of carbonyl (C=O) groups is 1. The van der Waals surface area contributed by atoms with E-state index in [0.717, 1.165) is 25.7 Å². The van der Waals surface area contributed by atoms with Gasteiger partial charge >= 0.3 is 0 Å². The average molecular weight is 321 g/mol. The second-order valence-corrected chi connectivity index (χ2v) is 6.48. The van der Waals surface area contributed by atoms with E-state index in [9.17, 15) is 4.79 Å². The van der Waals surface area contributed by atoms with E-state index in [1.807, 2.05) is 0 Å². The third-order valence-electron chi connectivity index (χ3n) is 3.45. The molecule has 0 aromatic heterocycles. The van der Waals surface area contributed by atoms with Gasteiger partial charge in [-0.2, -0.15) is 0 Å². The van der Waals surface area contributed by atoms with Crippen LogP contribution in [0, 0.1) is 5.92 Å². The Morgan fingerprint density at radius 1 is 1.11 bits per heavy atom. The van der Waals surface area contributed by atoms with Gasteiger partial charge in [0.25, 0.3) is 5.91 Å². The van der Waals surface area contributed by atoms with Gasteiger partial charge in [-0.25, -0.2) is 0 Å². The van der Waals surface area contributed by atoms with E-state index in [4.69, 9.17) is 34.8 Å². The maximum atomic E-state index is 12.0. The Kier molecular flexibility index (Phi) is 5.37. The maximum Gasteiger partial charge on any atom is 0.251 e. The number of hydrogen-bond acceptors (Lipinski definition) is 1. The fraction of sp³-hybridized carbons (Fsp3) is 0.500. The first kappa shape index (κ1) is 15.0. The predicted molar refractivity (Wildman–Crippen MR) is 80.4 cm³/mol. The quantitative estimate of drug-likeness (QED) is 0.815. The lowest BCUT2D eigenvalue weighted by Crippen LogP contribution is -2.31. The summed E-state index contributed by atoms with van der Waals surface area (Å²) in [6, 6.07) is 4.86. The van der Waals surface area contributed by atoms with Gasteiger partial charge in [-0.1, -0.05) is 23.2 Å². The number of carbonyl (C=O) groups excluding carboxylic acids is 1. The van der Waals surface area contributed by atoms with Gasteiger partial charge in [-0.3, -0.25) is 4.79 Å². The van der Waals surface area contributed by atoms with Crippen LogP contribution in [0.15, 0.2) is 18.2 Å². The number of benzene rings is 1. The van der Waals surface area contributed by atoms with Crippen molar-refractivity contribution in [3.8, 4) is 0 Å². The molecule has 2 rings (SSSR count). The lowest BCUT2D eigenvalue weighted by Gasteiger charge is -2.25. The minimum atomic E-state index is -0.127. The molecule has 0 radical (unpaired) electrons. The number of hydrogen-bond donors (Lipinski definition) is 1. The Balaban J connectivity index is 1.87. The molecule has 1 saturated carbocycles. The van der Waals surface area contributed by atoms with Crippen LogP contribution >= 0.6 is 34.8 Å². The van der Waals surface area contributed by atoms with Gasteiger partial charge in [-0.15, -0.1) is 11.6 Å². The summed E-state index contributed by atoms with van der Waals surface area (Å²) < 4.78 is 0. The number of halogens is 3. The highest BCUT2D eigenvalue weighted by molar-refractivity contribution is 6.35. The normalized spacial score (nSPS) is 23.1. The molecule has 1 fully saturated rings. The summed E-state index contributed by atoms with van der Waals surface area (Å²) in [4.78, 5) is 12.0. The molecule has 0 heterocycles. The first-order valence-corrected chi connectivity index (χ1v) is 7.62. The Hall–Kier alpha value is -0.440. The van der Waals surface area contributed by atoms with E-state index in [1.54, 1.807) is 18.2 Å². The zero-order chi connectivity index (χ0) is 13.8. The summed E-state index contributed by atoms with van der Waals surface area (Å²) in [6.07, 6.45) is 4.21. The minimum Gasteiger partial charge on any atom is -0.352 e. The molecule has 1 amide bonds. The van der Waals surface area contributed by atoms with E-state index < -0.39 is 0 Å². The fourth-order valence-corrected chi connectivity index (χ4v) is 3.13. The third-order valence-corrected chi connectivity index (χ3v) is 4.33. The lowest BCUT2D eigenvalue weighted by molar-refractivity contribution is 0.0943. The van der Waals surface area contributed by atoms with Crippen LogP contribution in [0.3, 0.4) is 0 Å². The van der Waals surface area contributed by atoms with Crippen molar-refractivity contribution in [3.63, 3.8) is 0 Å². The highest BCUT2D eigenvalue weighted by Crippen LogP contribution is 2.27. The Labute approximate surface area is 128 Å². The second-order valence-electron chi connectivity index (χ2n) is 4.99. The van der Waals surface area contributed by atoms with Crippen LogP contribution < -0.4 is 5.32 Å². The molecular weight excluding hydrogens is 305 g/mol. The van der Waals surface area contributed by atoms with E-state index in [-0.39, 0.29) is 5.91 Å². The van der Waals surface area contributed by atoms with Gasteiger partial charge in [-0.05, 0) is 49.8 Å². The third kappa shape index (κ3) is 4.55. The summed E-state index contributed by atoms with van der Waals surface area (Å²) >= 11 is 17.8. The molecule has 0 saturated heterocycles. The second kappa shape index (κ2) is 6.83. The molecule has 0 spiro atoms. The summed E-state index contributed by atoms with van der Waals surface area (Å²) in [5.41, 5.74) is 0.503. The first-order chi connectivity index (χ1) is 9.04. The molecule has 0 atom stereocenters. The van der Waals surface area contributed by atoms with Crippen molar-refractivity contribution < 1.29 is 4.79 Å². The van der Waals surface area contributed by atoms with Crippen LogP contribution in [0.4, 0.5) is 0 Å². The van der Waals surface area contributed by atoms with E-state index in [0.29, 0.717) is 33.4 Å². The van der Waals surface area contributed by atoms with Crippen molar-refractivity contribution >= 4 is 40.7 Å². The molecule has 1 aliphatic rings. The molecule has 0 bridgehead atoms. The Bertz CT molecular complexity index is 436. The highest BCUT2D eigenvalue weighted by Gasteiger charge is 2.20. The Morgan fingerprint density at radius 2 is 1.68 bits per heavy atom. The van der Waals surface area contributed by atoms with Crippen LogP contribution in [0.1, 0.15) is 36.0 Å². The SMILES string of the molecule is O=C(NCC1CCC(Cl)CC1)c1cc(Cl)cc(Cl)c1. The van der Waals surface area contributed by atoms with Crippen LogP contribution in [0.25, 0.3) is 0 Å². The molecule has 1 aliphatic carbocycles. The molecule has 19 heavy (non-hydrogen) atoms. The molecule has 1 N–H and O–H groups in total. The van der Waals surface area contributed by atoms with E-state index in [1.165, 1.54) is 0 Å². The highest BCUT2D eigenvalue weighted by atomic mass is 35.5. The van der Waals surface area contributed by atoms with Gasteiger partial charge in [0.1, 0.15) is 0 Å². The molecule has 1 aromatic rings.